The normalized spacial score (nSPS) is 11.9. The zero-order chi connectivity index (χ0) is 20.1. The van der Waals surface area contributed by atoms with E-state index in [1.807, 2.05) is 39.8 Å². The molecule has 0 saturated heterocycles. The van der Waals surface area contributed by atoms with Crippen molar-refractivity contribution < 1.29 is 13.2 Å². The number of anilines is 1. The van der Waals surface area contributed by atoms with Crippen LogP contribution in [0.4, 0.5) is 5.69 Å². The molecule has 0 aliphatic rings. The van der Waals surface area contributed by atoms with E-state index in [-0.39, 0.29) is 17.3 Å². The van der Waals surface area contributed by atoms with Crippen LogP contribution in [0.15, 0.2) is 59.5 Å². The molecular formula is C21H28N2O3S. The summed E-state index contributed by atoms with van der Waals surface area (Å²) in [5.74, 6) is -0.327. The number of para-hydroxylation sites is 1. The quantitative estimate of drug-likeness (QED) is 0.749. The molecule has 0 aliphatic heterocycles. The van der Waals surface area contributed by atoms with Crippen molar-refractivity contribution in [2.45, 2.75) is 51.0 Å². The van der Waals surface area contributed by atoms with Gasteiger partial charge in [0.05, 0.1) is 10.6 Å². The number of nitrogens with zero attached hydrogens (tertiary/aromatic N) is 1. The van der Waals surface area contributed by atoms with E-state index in [0.717, 1.165) is 12.0 Å². The Morgan fingerprint density at radius 3 is 2.19 bits per heavy atom. The van der Waals surface area contributed by atoms with Crippen LogP contribution in [0, 0.1) is 0 Å². The van der Waals surface area contributed by atoms with E-state index in [9.17, 15) is 13.2 Å². The first-order valence-corrected chi connectivity index (χ1v) is 10.6. The molecule has 146 valence electrons. The first kappa shape index (κ1) is 21.0. The smallest absolute Gasteiger partial charge is 0.264 e. The van der Waals surface area contributed by atoms with E-state index < -0.39 is 15.6 Å². The van der Waals surface area contributed by atoms with Gasteiger partial charge in [-0.2, -0.15) is 0 Å². The third-order valence-electron chi connectivity index (χ3n) is 4.62. The molecule has 0 radical (unpaired) electrons. The Bertz CT molecular complexity index is 877. The molecular weight excluding hydrogens is 360 g/mol. The Balaban J connectivity index is 2.48. The Hall–Kier alpha value is -2.34. The molecule has 0 atom stereocenters. The summed E-state index contributed by atoms with van der Waals surface area (Å²) in [6.45, 7) is 7.51. The minimum Gasteiger partial charge on any atom is -0.350 e. The first-order valence-electron chi connectivity index (χ1n) is 9.18. The Morgan fingerprint density at radius 1 is 1.00 bits per heavy atom. The van der Waals surface area contributed by atoms with Crippen molar-refractivity contribution in [3.8, 4) is 0 Å². The molecule has 1 amide bonds. The molecule has 0 fully saturated rings. The first-order chi connectivity index (χ1) is 12.7. The second-order valence-corrected chi connectivity index (χ2v) is 8.95. The molecule has 2 aromatic rings. The summed E-state index contributed by atoms with van der Waals surface area (Å²) in [7, 11) is -3.87. The van der Waals surface area contributed by atoms with Gasteiger partial charge in [0.2, 0.25) is 5.91 Å². The molecule has 0 bridgehead atoms. The zero-order valence-electron chi connectivity index (χ0n) is 16.4. The summed E-state index contributed by atoms with van der Waals surface area (Å²) in [5, 5.41) is 2.92. The number of rotatable bonds is 8. The summed E-state index contributed by atoms with van der Waals surface area (Å²) < 4.78 is 27.8. The number of hydrogen-bond donors (Lipinski definition) is 1. The highest BCUT2D eigenvalue weighted by Gasteiger charge is 2.29. The average Bonchev–Trinajstić information content (AvgIpc) is 2.66. The minimum atomic E-state index is -3.87. The predicted molar refractivity (Wildman–Crippen MR) is 109 cm³/mol. The van der Waals surface area contributed by atoms with Crippen LogP contribution >= 0.6 is 0 Å². The number of amides is 1. The molecule has 5 nitrogen and oxygen atoms in total. The zero-order valence-corrected chi connectivity index (χ0v) is 17.2. The predicted octanol–water partition coefficient (Wildman–Crippen LogP) is 3.75. The van der Waals surface area contributed by atoms with Gasteiger partial charge in [-0.25, -0.2) is 8.42 Å². The van der Waals surface area contributed by atoms with Gasteiger partial charge < -0.3 is 5.32 Å². The number of carbonyl (C=O) groups is 1. The van der Waals surface area contributed by atoms with Crippen molar-refractivity contribution in [3.05, 3.63) is 60.2 Å². The standard InChI is InChI=1S/C21H28N2O3S/c1-5-17-12-10-11-15-19(17)23(16-20(24)22-21(3,4)6-2)27(25,26)18-13-8-7-9-14-18/h7-15H,5-6,16H2,1-4H3,(H,22,24). The summed E-state index contributed by atoms with van der Waals surface area (Å²) >= 11 is 0. The molecule has 0 saturated carbocycles. The maximum atomic E-state index is 13.3. The fourth-order valence-corrected chi connectivity index (χ4v) is 4.19. The second kappa shape index (κ2) is 8.57. The van der Waals surface area contributed by atoms with E-state index in [0.29, 0.717) is 12.1 Å². The number of aryl methyl sites for hydroxylation is 1. The van der Waals surface area contributed by atoms with Crippen molar-refractivity contribution in [3.63, 3.8) is 0 Å². The van der Waals surface area contributed by atoms with Gasteiger partial charge in [0.15, 0.2) is 0 Å². The summed E-state index contributed by atoms with van der Waals surface area (Å²) in [5.41, 5.74) is 1.01. The SMILES string of the molecule is CCc1ccccc1N(CC(=O)NC(C)(C)CC)S(=O)(=O)c1ccccc1. The number of hydrogen-bond acceptors (Lipinski definition) is 3. The van der Waals surface area contributed by atoms with Crippen molar-refractivity contribution in [2.75, 3.05) is 10.8 Å². The van der Waals surface area contributed by atoms with Gasteiger partial charge in [0.1, 0.15) is 6.54 Å². The van der Waals surface area contributed by atoms with Crippen molar-refractivity contribution in [1.82, 2.24) is 5.32 Å². The van der Waals surface area contributed by atoms with Crippen molar-refractivity contribution in [2.24, 2.45) is 0 Å². The summed E-state index contributed by atoms with van der Waals surface area (Å²) in [6.07, 6.45) is 1.41. The summed E-state index contributed by atoms with van der Waals surface area (Å²) in [6, 6.07) is 15.5. The number of sulfonamides is 1. The van der Waals surface area contributed by atoms with Gasteiger partial charge in [0.25, 0.3) is 10.0 Å². The lowest BCUT2D eigenvalue weighted by Gasteiger charge is -2.29. The highest BCUT2D eigenvalue weighted by molar-refractivity contribution is 7.92. The maximum Gasteiger partial charge on any atom is 0.264 e. The topological polar surface area (TPSA) is 66.5 Å². The van der Waals surface area contributed by atoms with Crippen LogP contribution < -0.4 is 9.62 Å². The van der Waals surface area contributed by atoms with Crippen molar-refractivity contribution >= 4 is 21.6 Å². The number of benzene rings is 2. The molecule has 2 aromatic carbocycles. The largest absolute Gasteiger partial charge is 0.350 e. The van der Waals surface area contributed by atoms with Gasteiger partial charge in [-0.3, -0.25) is 9.10 Å². The Labute approximate surface area is 162 Å². The van der Waals surface area contributed by atoms with Gasteiger partial charge in [-0.15, -0.1) is 0 Å². The van der Waals surface area contributed by atoms with E-state index in [2.05, 4.69) is 5.32 Å². The molecule has 27 heavy (non-hydrogen) atoms. The van der Waals surface area contributed by atoms with Crippen LogP contribution in [0.1, 0.15) is 39.7 Å². The van der Waals surface area contributed by atoms with Gasteiger partial charge >= 0.3 is 0 Å². The molecule has 0 heterocycles. The van der Waals surface area contributed by atoms with E-state index in [1.165, 1.54) is 4.31 Å². The van der Waals surface area contributed by atoms with Gasteiger partial charge in [-0.1, -0.05) is 50.2 Å². The van der Waals surface area contributed by atoms with Crippen LogP contribution in [0.25, 0.3) is 0 Å². The summed E-state index contributed by atoms with van der Waals surface area (Å²) in [4.78, 5) is 12.8. The molecule has 0 unspecified atom stereocenters. The van der Waals surface area contributed by atoms with Crippen LogP contribution in [0.2, 0.25) is 0 Å². The molecule has 6 heteroatoms. The van der Waals surface area contributed by atoms with E-state index in [1.54, 1.807) is 42.5 Å². The van der Waals surface area contributed by atoms with Gasteiger partial charge in [-0.05, 0) is 50.5 Å². The van der Waals surface area contributed by atoms with Crippen LogP contribution in [0.3, 0.4) is 0 Å². The van der Waals surface area contributed by atoms with Crippen LogP contribution in [0.5, 0.6) is 0 Å². The fraction of sp³-hybridized carbons (Fsp3) is 0.381. The Morgan fingerprint density at radius 2 is 1.59 bits per heavy atom. The Kier molecular flexibility index (Phi) is 6.65. The molecule has 0 spiro atoms. The lowest BCUT2D eigenvalue weighted by Crippen LogP contribution is -2.48. The number of carbonyl (C=O) groups excluding carboxylic acids is 1. The molecule has 0 aromatic heterocycles. The molecule has 0 aliphatic carbocycles. The lowest BCUT2D eigenvalue weighted by atomic mass is 10.0. The van der Waals surface area contributed by atoms with Gasteiger partial charge in [0, 0.05) is 5.54 Å². The van der Waals surface area contributed by atoms with E-state index >= 15 is 0 Å². The maximum absolute atomic E-state index is 13.3. The highest BCUT2D eigenvalue weighted by Crippen LogP contribution is 2.27. The molecule has 1 N–H and O–H groups in total. The molecule has 2 rings (SSSR count). The minimum absolute atomic E-state index is 0.165. The van der Waals surface area contributed by atoms with Crippen LogP contribution in [-0.4, -0.2) is 26.4 Å². The third kappa shape index (κ3) is 5.10. The lowest BCUT2D eigenvalue weighted by molar-refractivity contribution is -0.121. The third-order valence-corrected chi connectivity index (χ3v) is 6.40. The van der Waals surface area contributed by atoms with Crippen molar-refractivity contribution in [1.29, 1.82) is 0 Å². The fourth-order valence-electron chi connectivity index (χ4n) is 2.71. The average molecular weight is 389 g/mol. The van der Waals surface area contributed by atoms with E-state index in [4.69, 9.17) is 0 Å². The highest BCUT2D eigenvalue weighted by atomic mass is 32.2. The van der Waals surface area contributed by atoms with Crippen LogP contribution in [-0.2, 0) is 21.2 Å². The number of nitrogens with one attached hydrogen (secondary N) is 1. The second-order valence-electron chi connectivity index (χ2n) is 7.09. The monoisotopic (exact) mass is 388 g/mol.